The number of hydrogen-bond acceptors (Lipinski definition) is 3. The fraction of sp³-hybridized carbons (Fsp3) is 0.182. The van der Waals surface area contributed by atoms with Crippen LogP contribution >= 0.6 is 11.8 Å². The highest BCUT2D eigenvalue weighted by atomic mass is 32.2. The second kappa shape index (κ2) is 7.45. The second-order valence-corrected chi connectivity index (χ2v) is 8.14. The molecule has 0 spiro atoms. The van der Waals surface area contributed by atoms with Crippen molar-refractivity contribution in [2.45, 2.75) is 23.5 Å². The topological polar surface area (TPSA) is 49.4 Å². The van der Waals surface area contributed by atoms with Gasteiger partial charge in [-0.2, -0.15) is 0 Å². The van der Waals surface area contributed by atoms with Crippen molar-refractivity contribution < 1.29 is 9.59 Å². The van der Waals surface area contributed by atoms with E-state index in [2.05, 4.69) is 5.32 Å². The minimum atomic E-state index is -0.200. The van der Waals surface area contributed by atoms with Gasteiger partial charge in [0, 0.05) is 27.6 Å². The number of para-hydroxylation sites is 1. The molecule has 3 aromatic rings. The van der Waals surface area contributed by atoms with Gasteiger partial charge in [0.1, 0.15) is 6.54 Å². The number of rotatable bonds is 3. The average molecular weight is 376 g/mol. The fourth-order valence-corrected chi connectivity index (χ4v) is 4.49. The molecule has 2 amide bonds. The van der Waals surface area contributed by atoms with Crippen LogP contribution in [0.3, 0.4) is 0 Å². The van der Waals surface area contributed by atoms with Gasteiger partial charge in [0.25, 0.3) is 0 Å². The van der Waals surface area contributed by atoms with Gasteiger partial charge in [0.2, 0.25) is 11.8 Å². The molecule has 1 aliphatic heterocycles. The van der Waals surface area contributed by atoms with E-state index in [4.69, 9.17) is 0 Å². The molecule has 0 radical (unpaired) electrons. The number of hydrogen-bond donors (Lipinski definition) is 1. The number of fused-ring (bicyclic) bond motifs is 2. The minimum absolute atomic E-state index is 0.00630. The fourth-order valence-electron chi connectivity index (χ4n) is 3.37. The van der Waals surface area contributed by atoms with Gasteiger partial charge in [-0.1, -0.05) is 55.5 Å². The molecular weight excluding hydrogens is 356 g/mol. The molecule has 0 saturated heterocycles. The van der Waals surface area contributed by atoms with Crippen molar-refractivity contribution in [1.82, 2.24) is 0 Å². The van der Waals surface area contributed by atoms with Crippen LogP contribution in [0.15, 0.2) is 71.6 Å². The van der Waals surface area contributed by atoms with Gasteiger partial charge in [0.05, 0.1) is 5.69 Å². The van der Waals surface area contributed by atoms with Crippen LogP contribution in [0.2, 0.25) is 0 Å². The Kier molecular flexibility index (Phi) is 4.86. The summed E-state index contributed by atoms with van der Waals surface area (Å²) in [6, 6.07) is 21.5. The third kappa shape index (κ3) is 3.69. The first-order chi connectivity index (χ1) is 13.1. The van der Waals surface area contributed by atoms with Crippen LogP contribution in [0.1, 0.15) is 13.3 Å². The predicted molar refractivity (Wildman–Crippen MR) is 111 cm³/mol. The van der Waals surface area contributed by atoms with Crippen LogP contribution < -0.4 is 10.2 Å². The largest absolute Gasteiger partial charge is 0.324 e. The first-order valence-corrected chi connectivity index (χ1v) is 9.83. The standard InChI is InChI=1S/C22H20N2O2S/c1-15-13-22(26)24(19-11-4-5-12-20(19)27-15)14-21(25)23-18-10-6-8-16-7-2-3-9-17(16)18/h2-12,15H,13-14H2,1H3,(H,23,25). The summed E-state index contributed by atoms with van der Waals surface area (Å²) in [6.07, 6.45) is 0.418. The van der Waals surface area contributed by atoms with Crippen LogP contribution in [0.4, 0.5) is 11.4 Å². The van der Waals surface area contributed by atoms with Gasteiger partial charge < -0.3 is 10.2 Å². The highest BCUT2D eigenvalue weighted by molar-refractivity contribution is 8.00. The predicted octanol–water partition coefficient (Wildman–Crippen LogP) is 4.70. The smallest absolute Gasteiger partial charge is 0.244 e. The first-order valence-electron chi connectivity index (χ1n) is 8.95. The number of nitrogens with one attached hydrogen (secondary N) is 1. The van der Waals surface area contributed by atoms with Crippen molar-refractivity contribution in [3.8, 4) is 0 Å². The molecule has 1 N–H and O–H groups in total. The Balaban J connectivity index is 1.59. The highest BCUT2D eigenvalue weighted by Crippen LogP contribution is 2.37. The van der Waals surface area contributed by atoms with Crippen molar-refractivity contribution in [2.75, 3.05) is 16.8 Å². The summed E-state index contributed by atoms with van der Waals surface area (Å²) in [5.41, 5.74) is 1.57. The summed E-state index contributed by atoms with van der Waals surface area (Å²) < 4.78 is 0. The van der Waals surface area contributed by atoms with E-state index in [0.717, 1.165) is 27.0 Å². The third-order valence-corrected chi connectivity index (χ3v) is 5.78. The zero-order chi connectivity index (χ0) is 18.8. The molecule has 27 heavy (non-hydrogen) atoms. The van der Waals surface area contributed by atoms with E-state index in [1.54, 1.807) is 16.7 Å². The summed E-state index contributed by atoms with van der Waals surface area (Å²) in [5, 5.41) is 5.21. The van der Waals surface area contributed by atoms with Crippen molar-refractivity contribution in [3.63, 3.8) is 0 Å². The SMILES string of the molecule is CC1CC(=O)N(CC(=O)Nc2cccc3ccccc23)c2ccccc2S1. The van der Waals surface area contributed by atoms with E-state index < -0.39 is 0 Å². The van der Waals surface area contributed by atoms with Crippen LogP contribution in [0.5, 0.6) is 0 Å². The van der Waals surface area contributed by atoms with Crippen LogP contribution in [-0.4, -0.2) is 23.6 Å². The maximum Gasteiger partial charge on any atom is 0.244 e. The maximum atomic E-state index is 12.8. The lowest BCUT2D eigenvalue weighted by Gasteiger charge is -2.22. The molecule has 0 aliphatic carbocycles. The Labute approximate surface area is 162 Å². The van der Waals surface area contributed by atoms with Gasteiger partial charge in [-0.15, -0.1) is 11.8 Å². The van der Waals surface area contributed by atoms with Gasteiger partial charge >= 0.3 is 0 Å². The number of anilines is 2. The molecule has 1 heterocycles. The van der Waals surface area contributed by atoms with Crippen LogP contribution in [-0.2, 0) is 9.59 Å². The van der Waals surface area contributed by atoms with Crippen molar-refractivity contribution in [2.24, 2.45) is 0 Å². The Bertz CT molecular complexity index is 1010. The van der Waals surface area contributed by atoms with E-state index >= 15 is 0 Å². The van der Waals surface area contributed by atoms with Crippen molar-refractivity contribution in [3.05, 3.63) is 66.7 Å². The zero-order valence-electron chi connectivity index (χ0n) is 15.0. The second-order valence-electron chi connectivity index (χ2n) is 6.66. The van der Waals surface area contributed by atoms with E-state index in [1.165, 1.54) is 0 Å². The summed E-state index contributed by atoms with van der Waals surface area (Å²) in [5.74, 6) is -0.220. The van der Waals surface area contributed by atoms with E-state index in [1.807, 2.05) is 73.7 Å². The van der Waals surface area contributed by atoms with E-state index in [0.29, 0.717) is 6.42 Å². The Morgan fingerprint density at radius 2 is 1.81 bits per heavy atom. The lowest BCUT2D eigenvalue weighted by Crippen LogP contribution is -2.38. The quantitative estimate of drug-likeness (QED) is 0.721. The summed E-state index contributed by atoms with van der Waals surface area (Å²) in [7, 11) is 0. The molecule has 136 valence electrons. The van der Waals surface area contributed by atoms with Crippen molar-refractivity contribution >= 4 is 45.7 Å². The average Bonchev–Trinajstić information content (AvgIpc) is 2.78. The zero-order valence-corrected chi connectivity index (χ0v) is 15.8. The molecule has 0 saturated carbocycles. The lowest BCUT2D eigenvalue weighted by molar-refractivity contribution is -0.121. The molecular formula is C22H20N2O2S. The number of nitrogens with zero attached hydrogens (tertiary/aromatic N) is 1. The molecule has 3 aromatic carbocycles. The lowest BCUT2D eigenvalue weighted by atomic mass is 10.1. The van der Waals surface area contributed by atoms with E-state index in [-0.39, 0.29) is 23.6 Å². The number of amides is 2. The van der Waals surface area contributed by atoms with E-state index in [9.17, 15) is 9.59 Å². The van der Waals surface area contributed by atoms with Crippen molar-refractivity contribution in [1.29, 1.82) is 0 Å². The monoisotopic (exact) mass is 376 g/mol. The summed E-state index contributed by atoms with van der Waals surface area (Å²) >= 11 is 1.68. The van der Waals surface area contributed by atoms with Crippen LogP contribution in [0.25, 0.3) is 10.8 Å². The Morgan fingerprint density at radius 1 is 1.07 bits per heavy atom. The van der Waals surface area contributed by atoms with Gasteiger partial charge in [0.15, 0.2) is 0 Å². The molecule has 0 bridgehead atoms. The number of benzene rings is 3. The van der Waals surface area contributed by atoms with Crippen LogP contribution in [0, 0.1) is 0 Å². The normalized spacial score (nSPS) is 16.7. The maximum absolute atomic E-state index is 12.8. The molecule has 5 heteroatoms. The third-order valence-electron chi connectivity index (χ3n) is 4.61. The molecule has 4 nitrogen and oxygen atoms in total. The van der Waals surface area contributed by atoms with Gasteiger partial charge in [-0.05, 0) is 23.6 Å². The molecule has 1 aliphatic rings. The summed E-state index contributed by atoms with van der Waals surface area (Å²) in [6.45, 7) is 2.05. The number of carbonyl (C=O) groups excluding carboxylic acids is 2. The van der Waals surface area contributed by atoms with Gasteiger partial charge in [-0.25, -0.2) is 0 Å². The highest BCUT2D eigenvalue weighted by Gasteiger charge is 2.27. The Hall–Kier alpha value is -2.79. The number of carbonyl (C=O) groups is 2. The molecule has 1 atom stereocenters. The number of thioether (sulfide) groups is 1. The Morgan fingerprint density at radius 3 is 2.70 bits per heavy atom. The molecule has 0 aromatic heterocycles. The van der Waals surface area contributed by atoms with Gasteiger partial charge in [-0.3, -0.25) is 9.59 Å². The molecule has 0 fully saturated rings. The summed E-state index contributed by atoms with van der Waals surface area (Å²) in [4.78, 5) is 28.1. The molecule has 1 unspecified atom stereocenters. The minimum Gasteiger partial charge on any atom is -0.324 e. The first kappa shape index (κ1) is 17.6. The molecule has 4 rings (SSSR count).